The first kappa shape index (κ1) is 19.2. The first-order valence-electron chi connectivity index (χ1n) is 9.42. The number of ketones is 1. The monoisotopic (exact) mass is 365 g/mol. The normalized spacial score (nSPS) is 15.6. The van der Waals surface area contributed by atoms with Gasteiger partial charge < -0.3 is 10.1 Å². The van der Waals surface area contributed by atoms with Crippen LogP contribution in [0.4, 0.5) is 4.79 Å². The lowest BCUT2D eigenvalue weighted by Gasteiger charge is -2.43. The molecule has 0 saturated heterocycles. The number of nitrogens with one attached hydrogen (secondary N) is 1. The summed E-state index contributed by atoms with van der Waals surface area (Å²) in [6.07, 6.45) is 2.26. The van der Waals surface area contributed by atoms with E-state index in [0.717, 1.165) is 24.8 Å². The lowest BCUT2D eigenvalue weighted by Crippen LogP contribution is -2.52. The number of ether oxygens (including phenoxy) is 1. The Morgan fingerprint density at radius 1 is 0.963 bits per heavy atom. The number of fused-ring (bicyclic) bond motifs is 1. The average Bonchev–Trinajstić information content (AvgIpc) is 2.53. The number of Topliss-reactive ketones (excluding diaryl/α,β-unsaturated/α-hetero) is 1. The molecule has 4 nitrogen and oxygen atoms in total. The molecular formula is C23H27NO3. The molecule has 0 aromatic heterocycles. The van der Waals surface area contributed by atoms with Crippen LogP contribution in [0.15, 0.2) is 48.5 Å². The number of alkyl carbamates (subject to hydrolysis) is 1. The molecule has 1 fully saturated rings. The minimum absolute atomic E-state index is 0.0165. The summed E-state index contributed by atoms with van der Waals surface area (Å²) in [5.74, 6) is 0.0165. The number of hydrogen-bond donors (Lipinski definition) is 1. The smallest absolute Gasteiger partial charge is 0.408 e. The lowest BCUT2D eigenvalue weighted by atomic mass is 9.70. The van der Waals surface area contributed by atoms with Crippen molar-refractivity contribution in [3.63, 3.8) is 0 Å². The van der Waals surface area contributed by atoms with E-state index in [1.54, 1.807) is 6.92 Å². The zero-order chi connectivity index (χ0) is 19.7. The third kappa shape index (κ3) is 4.21. The van der Waals surface area contributed by atoms with Crippen molar-refractivity contribution in [1.29, 1.82) is 0 Å². The highest BCUT2D eigenvalue weighted by Gasteiger charge is 2.42. The van der Waals surface area contributed by atoms with Crippen LogP contribution < -0.4 is 5.32 Å². The minimum atomic E-state index is -0.533. The van der Waals surface area contributed by atoms with Crippen LogP contribution in [0, 0.1) is 0 Å². The highest BCUT2D eigenvalue weighted by atomic mass is 16.6. The topological polar surface area (TPSA) is 55.4 Å². The van der Waals surface area contributed by atoms with Crippen molar-refractivity contribution in [2.75, 3.05) is 0 Å². The molecule has 27 heavy (non-hydrogen) atoms. The van der Waals surface area contributed by atoms with E-state index < -0.39 is 17.2 Å². The van der Waals surface area contributed by atoms with Crippen LogP contribution >= 0.6 is 0 Å². The van der Waals surface area contributed by atoms with E-state index in [0.29, 0.717) is 5.56 Å². The quantitative estimate of drug-likeness (QED) is 0.627. The molecule has 0 atom stereocenters. The summed E-state index contributed by atoms with van der Waals surface area (Å²) in [5, 5.41) is 2.98. The number of carbonyl (C=O) groups is 2. The highest BCUT2D eigenvalue weighted by Crippen LogP contribution is 2.43. The molecule has 4 rings (SSSR count). The Morgan fingerprint density at radius 2 is 1.52 bits per heavy atom. The van der Waals surface area contributed by atoms with Crippen LogP contribution in [-0.4, -0.2) is 17.5 Å². The molecule has 1 N–H and O–H groups in total. The van der Waals surface area contributed by atoms with Gasteiger partial charge in [-0.2, -0.15) is 0 Å². The third-order valence-electron chi connectivity index (χ3n) is 4.99. The Labute approximate surface area is 160 Å². The van der Waals surface area contributed by atoms with E-state index in [1.807, 2.05) is 45.0 Å². The second-order valence-corrected chi connectivity index (χ2v) is 8.24. The SMILES string of the molecule is CC(=O)c1ccccc1C1(NC(=O)OC(C)(C)C)CCC1.c1cc2ccc1-2. The molecule has 0 bridgehead atoms. The highest BCUT2D eigenvalue weighted by molar-refractivity contribution is 5.96. The summed E-state index contributed by atoms with van der Waals surface area (Å²) in [5.41, 5.74) is 3.42. The number of rotatable bonds is 3. The lowest BCUT2D eigenvalue weighted by molar-refractivity contribution is 0.0375. The summed E-state index contributed by atoms with van der Waals surface area (Å²) in [6, 6.07) is 16.0. The van der Waals surface area contributed by atoms with Gasteiger partial charge in [0.25, 0.3) is 0 Å². The van der Waals surface area contributed by atoms with E-state index in [1.165, 1.54) is 11.1 Å². The van der Waals surface area contributed by atoms with Crippen molar-refractivity contribution >= 4 is 11.9 Å². The standard InChI is InChI=1S/C17H23NO3.C6H4/c1-12(19)13-8-5-6-9-14(13)17(10-7-11-17)18-15(20)21-16(2,3)4;1-2-6-4-3-5(1)6/h5-6,8-9H,7,10-11H2,1-4H3,(H,18,20);1-4H. The molecule has 1 aromatic carbocycles. The molecule has 1 aromatic rings. The van der Waals surface area contributed by atoms with E-state index in [4.69, 9.17) is 4.74 Å². The Balaban J connectivity index is 0.000000290. The average molecular weight is 365 g/mol. The van der Waals surface area contributed by atoms with E-state index in [-0.39, 0.29) is 5.78 Å². The molecule has 3 aliphatic rings. The van der Waals surface area contributed by atoms with Crippen molar-refractivity contribution < 1.29 is 14.3 Å². The third-order valence-corrected chi connectivity index (χ3v) is 4.99. The molecule has 4 heteroatoms. The predicted octanol–water partition coefficient (Wildman–Crippen LogP) is 5.46. The van der Waals surface area contributed by atoms with E-state index in [9.17, 15) is 9.59 Å². The van der Waals surface area contributed by atoms with Crippen LogP contribution in [0.2, 0.25) is 0 Å². The maximum Gasteiger partial charge on any atom is 0.408 e. The zero-order valence-electron chi connectivity index (χ0n) is 16.5. The van der Waals surface area contributed by atoms with E-state index >= 15 is 0 Å². The molecule has 142 valence electrons. The zero-order valence-corrected chi connectivity index (χ0v) is 16.5. The molecule has 1 amide bonds. The second-order valence-electron chi connectivity index (χ2n) is 8.24. The second kappa shape index (κ2) is 7.18. The fraction of sp³-hybridized carbons (Fsp3) is 0.391. The van der Waals surface area contributed by atoms with Gasteiger partial charge in [-0.25, -0.2) is 4.79 Å². The van der Waals surface area contributed by atoms with Crippen LogP contribution in [0.1, 0.15) is 62.9 Å². The molecule has 0 spiro atoms. The van der Waals surface area contributed by atoms with Crippen LogP contribution in [0.25, 0.3) is 11.1 Å². The molecule has 0 unspecified atom stereocenters. The predicted molar refractivity (Wildman–Crippen MR) is 107 cm³/mol. The maximum atomic E-state index is 12.1. The van der Waals surface area contributed by atoms with Crippen LogP contribution in [-0.2, 0) is 10.3 Å². The van der Waals surface area contributed by atoms with Crippen LogP contribution in [0.5, 0.6) is 0 Å². The number of carbonyl (C=O) groups excluding carboxylic acids is 2. The van der Waals surface area contributed by atoms with Gasteiger partial charge >= 0.3 is 6.09 Å². The first-order valence-corrected chi connectivity index (χ1v) is 9.42. The van der Waals surface area contributed by atoms with Gasteiger partial charge in [-0.3, -0.25) is 4.79 Å². The number of hydrogen-bond acceptors (Lipinski definition) is 3. The first-order chi connectivity index (χ1) is 12.7. The maximum absolute atomic E-state index is 12.1. The number of benzene rings is 2. The Morgan fingerprint density at radius 3 is 1.89 bits per heavy atom. The molecule has 1 saturated carbocycles. The summed E-state index contributed by atoms with van der Waals surface area (Å²) < 4.78 is 5.36. The van der Waals surface area contributed by atoms with Gasteiger partial charge in [0, 0.05) is 5.56 Å². The van der Waals surface area contributed by atoms with Gasteiger partial charge in [-0.05, 0) is 63.6 Å². The van der Waals surface area contributed by atoms with Crippen molar-refractivity contribution in [2.24, 2.45) is 0 Å². The van der Waals surface area contributed by atoms with Gasteiger partial charge in [-0.1, -0.05) is 48.5 Å². The Hall–Kier alpha value is -2.62. The summed E-state index contributed by atoms with van der Waals surface area (Å²) in [6.45, 7) is 7.06. The summed E-state index contributed by atoms with van der Waals surface area (Å²) >= 11 is 0. The fourth-order valence-corrected chi connectivity index (χ4v) is 3.36. The molecule has 0 aliphatic heterocycles. The molecular weight excluding hydrogens is 338 g/mol. The van der Waals surface area contributed by atoms with Gasteiger partial charge in [-0.15, -0.1) is 0 Å². The van der Waals surface area contributed by atoms with Crippen molar-refractivity contribution in [1.82, 2.24) is 5.32 Å². The Bertz CT molecular complexity index is 822. The molecule has 0 radical (unpaired) electrons. The van der Waals surface area contributed by atoms with Crippen molar-refractivity contribution in [3.8, 4) is 11.1 Å². The fourth-order valence-electron chi connectivity index (χ4n) is 3.36. The Kier molecular flexibility index (Phi) is 5.09. The van der Waals surface area contributed by atoms with E-state index in [2.05, 4.69) is 29.6 Å². The van der Waals surface area contributed by atoms with Gasteiger partial charge in [0.15, 0.2) is 5.78 Å². The van der Waals surface area contributed by atoms with Gasteiger partial charge in [0.1, 0.15) is 5.60 Å². The van der Waals surface area contributed by atoms with Gasteiger partial charge in [0.05, 0.1) is 5.54 Å². The van der Waals surface area contributed by atoms with Crippen molar-refractivity contribution in [3.05, 3.63) is 59.7 Å². The van der Waals surface area contributed by atoms with Crippen LogP contribution in [0.3, 0.4) is 0 Å². The van der Waals surface area contributed by atoms with Crippen molar-refractivity contribution in [2.45, 2.75) is 58.1 Å². The molecule has 0 heterocycles. The van der Waals surface area contributed by atoms with Gasteiger partial charge in [0.2, 0.25) is 0 Å². The summed E-state index contributed by atoms with van der Waals surface area (Å²) in [4.78, 5) is 23.9. The number of amides is 1. The largest absolute Gasteiger partial charge is 0.444 e. The summed E-state index contributed by atoms with van der Waals surface area (Å²) in [7, 11) is 0. The molecule has 3 aliphatic carbocycles. The minimum Gasteiger partial charge on any atom is -0.444 e.